The fraction of sp³-hybridized carbons (Fsp3) is 0.143. The van der Waals surface area contributed by atoms with Crippen LogP contribution in [0.15, 0.2) is 64.6 Å². The van der Waals surface area contributed by atoms with E-state index in [2.05, 4.69) is 10.3 Å². The summed E-state index contributed by atoms with van der Waals surface area (Å²) < 4.78 is 11.2. The summed E-state index contributed by atoms with van der Waals surface area (Å²) in [5.74, 6) is 1.08. The number of carbonyl (C=O) groups is 1. The number of fused-ring (bicyclic) bond motifs is 1. The zero-order valence-electron chi connectivity index (χ0n) is 15.1. The third-order valence-electron chi connectivity index (χ3n) is 4.15. The van der Waals surface area contributed by atoms with Crippen LogP contribution in [0.3, 0.4) is 0 Å². The Morgan fingerprint density at radius 1 is 1.11 bits per heavy atom. The summed E-state index contributed by atoms with van der Waals surface area (Å²) in [6, 6.07) is 14.1. The molecule has 7 heteroatoms. The van der Waals surface area contributed by atoms with Crippen molar-refractivity contribution in [2.45, 2.75) is 16.8 Å². The number of phenols is 1. The number of aromatic nitrogens is 1. The van der Waals surface area contributed by atoms with Gasteiger partial charge < -0.3 is 19.9 Å². The normalized spacial score (nSPS) is 12.5. The van der Waals surface area contributed by atoms with E-state index >= 15 is 0 Å². The Bertz CT molecular complexity index is 1040. The van der Waals surface area contributed by atoms with Gasteiger partial charge in [0.25, 0.3) is 5.91 Å². The molecule has 6 nitrogen and oxygen atoms in total. The van der Waals surface area contributed by atoms with Gasteiger partial charge in [0.1, 0.15) is 24.0 Å². The molecule has 2 N–H and O–H groups in total. The van der Waals surface area contributed by atoms with Gasteiger partial charge >= 0.3 is 0 Å². The van der Waals surface area contributed by atoms with Crippen molar-refractivity contribution in [3.05, 3.63) is 65.9 Å². The number of anilines is 1. The molecule has 4 rings (SSSR count). The van der Waals surface area contributed by atoms with E-state index in [0.717, 1.165) is 10.5 Å². The van der Waals surface area contributed by atoms with E-state index in [-0.39, 0.29) is 11.7 Å². The first-order valence-electron chi connectivity index (χ1n) is 8.73. The number of nitrogens with one attached hydrogen (secondary N) is 1. The molecule has 2 heterocycles. The Labute approximate surface area is 166 Å². The average Bonchev–Trinajstić information content (AvgIpc) is 2.70. The summed E-state index contributed by atoms with van der Waals surface area (Å²) >= 11 is 1.36. The molecule has 1 aliphatic heterocycles. The minimum absolute atomic E-state index is 0.0262. The lowest BCUT2D eigenvalue weighted by Gasteiger charge is -2.18. The predicted molar refractivity (Wildman–Crippen MR) is 107 cm³/mol. The molecule has 0 spiro atoms. The van der Waals surface area contributed by atoms with Crippen molar-refractivity contribution in [3.63, 3.8) is 0 Å². The summed E-state index contributed by atoms with van der Waals surface area (Å²) in [5, 5.41) is 13.3. The highest BCUT2D eigenvalue weighted by molar-refractivity contribution is 7.99. The van der Waals surface area contributed by atoms with Crippen LogP contribution < -0.4 is 14.8 Å². The highest BCUT2D eigenvalue weighted by atomic mass is 32.2. The number of hydrogen-bond donors (Lipinski definition) is 2. The Kier molecular flexibility index (Phi) is 5.08. The van der Waals surface area contributed by atoms with Gasteiger partial charge in [-0.25, -0.2) is 4.98 Å². The average molecular weight is 394 g/mol. The zero-order chi connectivity index (χ0) is 19.5. The van der Waals surface area contributed by atoms with E-state index in [9.17, 15) is 9.90 Å². The number of hydrogen-bond acceptors (Lipinski definition) is 6. The molecule has 1 aromatic heterocycles. The van der Waals surface area contributed by atoms with Crippen molar-refractivity contribution in [1.82, 2.24) is 4.98 Å². The van der Waals surface area contributed by atoms with Crippen LogP contribution >= 0.6 is 11.8 Å². The summed E-state index contributed by atoms with van der Waals surface area (Å²) in [4.78, 5) is 18.0. The standard InChI is InChI=1S/C21H18N2O4S/c1-13-4-6-16(17(24)11-13)23-20(25)15-3-2-8-22-21(15)28-14-5-7-18-19(12-14)27-10-9-26-18/h2-8,11-12,24H,9-10H2,1H3,(H,23,25). The second kappa shape index (κ2) is 7.82. The zero-order valence-corrected chi connectivity index (χ0v) is 16.0. The van der Waals surface area contributed by atoms with Crippen LogP contribution in [0.4, 0.5) is 5.69 Å². The van der Waals surface area contributed by atoms with Gasteiger partial charge in [0, 0.05) is 11.1 Å². The number of benzene rings is 2. The minimum Gasteiger partial charge on any atom is -0.506 e. The van der Waals surface area contributed by atoms with Crippen LogP contribution in [0.2, 0.25) is 0 Å². The molecule has 0 aliphatic carbocycles. The second-order valence-corrected chi connectivity index (χ2v) is 7.30. The molecule has 0 saturated carbocycles. The highest BCUT2D eigenvalue weighted by Gasteiger charge is 2.17. The van der Waals surface area contributed by atoms with Gasteiger partial charge in [-0.1, -0.05) is 17.8 Å². The Morgan fingerprint density at radius 2 is 1.93 bits per heavy atom. The number of pyridine rings is 1. The molecule has 28 heavy (non-hydrogen) atoms. The topological polar surface area (TPSA) is 80.7 Å². The van der Waals surface area contributed by atoms with Gasteiger partial charge in [0.05, 0.1) is 11.3 Å². The van der Waals surface area contributed by atoms with Crippen molar-refractivity contribution in [3.8, 4) is 17.2 Å². The molecule has 1 amide bonds. The van der Waals surface area contributed by atoms with E-state index in [4.69, 9.17) is 9.47 Å². The third kappa shape index (κ3) is 3.89. The number of carbonyl (C=O) groups excluding carboxylic acids is 1. The SMILES string of the molecule is Cc1ccc(NC(=O)c2cccnc2Sc2ccc3c(c2)OCCO3)c(O)c1. The van der Waals surface area contributed by atoms with Crippen LogP contribution in [0, 0.1) is 6.92 Å². The fourth-order valence-electron chi connectivity index (χ4n) is 2.78. The molecular weight excluding hydrogens is 376 g/mol. The van der Waals surface area contributed by atoms with E-state index in [1.54, 1.807) is 30.5 Å². The van der Waals surface area contributed by atoms with E-state index < -0.39 is 0 Å². The number of phenolic OH excluding ortho intramolecular Hbond substituents is 1. The molecule has 0 bridgehead atoms. The number of rotatable bonds is 4. The van der Waals surface area contributed by atoms with Gasteiger partial charge in [-0.05, 0) is 55.0 Å². The predicted octanol–water partition coefficient (Wildman–Crippen LogP) is 4.27. The number of aryl methyl sites for hydroxylation is 1. The largest absolute Gasteiger partial charge is 0.506 e. The van der Waals surface area contributed by atoms with Gasteiger partial charge in [0.15, 0.2) is 11.5 Å². The van der Waals surface area contributed by atoms with Crippen molar-refractivity contribution in [2.24, 2.45) is 0 Å². The molecule has 2 aromatic carbocycles. The number of ether oxygens (including phenoxy) is 2. The van der Waals surface area contributed by atoms with Crippen molar-refractivity contribution in [2.75, 3.05) is 18.5 Å². The van der Waals surface area contributed by atoms with Crippen molar-refractivity contribution < 1.29 is 19.4 Å². The maximum atomic E-state index is 12.8. The Balaban J connectivity index is 1.57. The van der Waals surface area contributed by atoms with Crippen LogP contribution in [-0.4, -0.2) is 29.2 Å². The lowest BCUT2D eigenvalue weighted by atomic mass is 10.2. The second-order valence-electron chi connectivity index (χ2n) is 6.24. The lowest BCUT2D eigenvalue weighted by Crippen LogP contribution is -2.15. The molecule has 0 unspecified atom stereocenters. The van der Waals surface area contributed by atoms with Gasteiger partial charge in [0.2, 0.25) is 0 Å². The quantitative estimate of drug-likeness (QED) is 0.643. The molecule has 0 fully saturated rings. The number of aromatic hydroxyl groups is 1. The van der Waals surface area contributed by atoms with Gasteiger partial charge in [-0.15, -0.1) is 0 Å². The first-order chi connectivity index (χ1) is 13.6. The van der Waals surface area contributed by atoms with Crippen molar-refractivity contribution in [1.29, 1.82) is 0 Å². The first kappa shape index (κ1) is 18.2. The maximum Gasteiger partial charge on any atom is 0.258 e. The molecule has 1 aliphatic rings. The van der Waals surface area contributed by atoms with Crippen LogP contribution in [0.25, 0.3) is 0 Å². The number of amides is 1. The molecule has 0 atom stereocenters. The molecule has 0 saturated heterocycles. The van der Waals surface area contributed by atoms with Crippen molar-refractivity contribution >= 4 is 23.4 Å². The summed E-state index contributed by atoms with van der Waals surface area (Å²) in [6.45, 7) is 2.92. The fourth-order valence-corrected chi connectivity index (χ4v) is 3.69. The van der Waals surface area contributed by atoms with E-state index in [0.29, 0.717) is 41.0 Å². The Morgan fingerprint density at radius 3 is 2.75 bits per heavy atom. The Hall–Kier alpha value is -3.19. The minimum atomic E-state index is -0.340. The smallest absolute Gasteiger partial charge is 0.258 e. The summed E-state index contributed by atoms with van der Waals surface area (Å²) in [7, 11) is 0. The molecule has 0 radical (unpaired) electrons. The van der Waals surface area contributed by atoms with Crippen LogP contribution in [0.5, 0.6) is 17.2 Å². The summed E-state index contributed by atoms with van der Waals surface area (Å²) in [5.41, 5.74) is 1.68. The van der Waals surface area contributed by atoms with Gasteiger partial charge in [-0.3, -0.25) is 4.79 Å². The molecular formula is C21H18N2O4S. The highest BCUT2D eigenvalue weighted by Crippen LogP contribution is 2.37. The number of nitrogens with zero attached hydrogens (tertiary/aromatic N) is 1. The molecule has 142 valence electrons. The summed E-state index contributed by atoms with van der Waals surface area (Å²) in [6.07, 6.45) is 1.64. The molecule has 3 aromatic rings. The monoisotopic (exact) mass is 394 g/mol. The maximum absolute atomic E-state index is 12.8. The first-order valence-corrected chi connectivity index (χ1v) is 9.55. The van der Waals surface area contributed by atoms with Crippen LogP contribution in [-0.2, 0) is 0 Å². The van der Waals surface area contributed by atoms with E-state index in [1.807, 2.05) is 31.2 Å². The van der Waals surface area contributed by atoms with Crippen LogP contribution in [0.1, 0.15) is 15.9 Å². The van der Waals surface area contributed by atoms with E-state index in [1.165, 1.54) is 11.8 Å². The lowest BCUT2D eigenvalue weighted by molar-refractivity contribution is 0.102. The van der Waals surface area contributed by atoms with Gasteiger partial charge in [-0.2, -0.15) is 0 Å². The third-order valence-corrected chi connectivity index (χ3v) is 5.15.